The summed E-state index contributed by atoms with van der Waals surface area (Å²) in [6.45, 7) is 5.92. The molecule has 1 saturated heterocycles. The first kappa shape index (κ1) is 14.1. The molecule has 100 valence electrons. The molecular formula is C12H18N2OS3. The Morgan fingerprint density at radius 2 is 2.28 bits per heavy atom. The van der Waals surface area contributed by atoms with Gasteiger partial charge in [-0.1, -0.05) is 6.92 Å². The summed E-state index contributed by atoms with van der Waals surface area (Å²) in [5.74, 6) is 1.21. The Balaban J connectivity index is 2.37. The maximum atomic E-state index is 11.6. The zero-order valence-corrected chi connectivity index (χ0v) is 13.3. The van der Waals surface area contributed by atoms with Gasteiger partial charge in [0, 0.05) is 31.0 Å². The highest BCUT2D eigenvalue weighted by Crippen LogP contribution is 2.44. The predicted molar refractivity (Wildman–Crippen MR) is 84.6 cm³/mol. The fraction of sp³-hybridized carbons (Fsp3) is 0.583. The third kappa shape index (κ3) is 2.65. The number of anilines is 2. The van der Waals surface area contributed by atoms with E-state index in [1.54, 1.807) is 30.0 Å². The van der Waals surface area contributed by atoms with Crippen LogP contribution in [-0.2, 0) is 0 Å². The zero-order valence-electron chi connectivity index (χ0n) is 10.9. The fourth-order valence-corrected chi connectivity index (χ4v) is 5.21. The molecule has 6 heteroatoms. The molecule has 0 spiro atoms. The summed E-state index contributed by atoms with van der Waals surface area (Å²) in [5, 5.41) is 1.81. The van der Waals surface area contributed by atoms with Gasteiger partial charge in [0.25, 0.3) is 0 Å². The summed E-state index contributed by atoms with van der Waals surface area (Å²) in [5.41, 5.74) is 6.76. The number of carbonyl (C=O) groups is 1. The maximum absolute atomic E-state index is 11.6. The largest absolute Gasteiger partial charge is 0.396 e. The minimum Gasteiger partial charge on any atom is -0.396 e. The number of hydrogen-bond donors (Lipinski definition) is 1. The number of ketones is 1. The van der Waals surface area contributed by atoms with Gasteiger partial charge in [0.2, 0.25) is 0 Å². The van der Waals surface area contributed by atoms with Crippen molar-refractivity contribution in [3.05, 3.63) is 4.88 Å². The van der Waals surface area contributed by atoms with Crippen molar-refractivity contribution in [3.8, 4) is 0 Å². The molecule has 2 heterocycles. The van der Waals surface area contributed by atoms with Crippen molar-refractivity contribution in [2.24, 2.45) is 0 Å². The number of nitrogens with zero attached hydrogens (tertiary/aromatic N) is 1. The van der Waals surface area contributed by atoms with Crippen LogP contribution < -0.4 is 10.6 Å². The molecule has 2 rings (SSSR count). The molecule has 1 aromatic heterocycles. The molecule has 0 aromatic carbocycles. The van der Waals surface area contributed by atoms with E-state index in [4.69, 9.17) is 5.73 Å². The van der Waals surface area contributed by atoms with Crippen molar-refractivity contribution >= 4 is 51.3 Å². The monoisotopic (exact) mass is 302 g/mol. The highest BCUT2D eigenvalue weighted by molar-refractivity contribution is 8.00. The van der Waals surface area contributed by atoms with E-state index >= 15 is 0 Å². The Morgan fingerprint density at radius 1 is 1.56 bits per heavy atom. The van der Waals surface area contributed by atoms with E-state index in [9.17, 15) is 4.79 Å². The zero-order chi connectivity index (χ0) is 13.3. The number of nitrogens with two attached hydrogens (primary N) is 1. The summed E-state index contributed by atoms with van der Waals surface area (Å²) in [7, 11) is 0. The summed E-state index contributed by atoms with van der Waals surface area (Å²) in [4.78, 5) is 15.8. The molecule has 1 aliphatic rings. The molecule has 2 N–H and O–H groups in total. The van der Waals surface area contributed by atoms with E-state index in [-0.39, 0.29) is 5.78 Å². The van der Waals surface area contributed by atoms with Gasteiger partial charge in [-0.2, -0.15) is 11.8 Å². The van der Waals surface area contributed by atoms with Crippen molar-refractivity contribution in [2.45, 2.75) is 24.0 Å². The highest BCUT2D eigenvalue weighted by atomic mass is 32.2. The Labute approximate surface area is 120 Å². The van der Waals surface area contributed by atoms with Gasteiger partial charge in [0.05, 0.1) is 15.5 Å². The quantitative estimate of drug-likeness (QED) is 0.686. The molecule has 3 nitrogen and oxygen atoms in total. The van der Waals surface area contributed by atoms with Crippen LogP contribution in [0.1, 0.15) is 23.5 Å². The average molecular weight is 302 g/mol. The first-order valence-electron chi connectivity index (χ1n) is 5.88. The molecule has 0 saturated carbocycles. The van der Waals surface area contributed by atoms with Crippen molar-refractivity contribution in [1.82, 2.24) is 0 Å². The lowest BCUT2D eigenvalue weighted by atomic mass is 10.3. The summed E-state index contributed by atoms with van der Waals surface area (Å²) in [6.07, 6.45) is 2.02. The number of thiophene rings is 1. The minimum absolute atomic E-state index is 0.0680. The van der Waals surface area contributed by atoms with Gasteiger partial charge >= 0.3 is 0 Å². The van der Waals surface area contributed by atoms with Gasteiger partial charge in [-0.25, -0.2) is 0 Å². The third-order valence-corrected chi connectivity index (χ3v) is 6.39. The van der Waals surface area contributed by atoms with Crippen LogP contribution in [0, 0.1) is 0 Å². The molecule has 1 fully saturated rings. The smallest absolute Gasteiger partial charge is 0.171 e. The first-order chi connectivity index (χ1) is 8.54. The second-order valence-corrected chi connectivity index (χ2v) is 7.73. The van der Waals surface area contributed by atoms with E-state index in [0.717, 1.165) is 23.7 Å². The van der Waals surface area contributed by atoms with Crippen molar-refractivity contribution in [1.29, 1.82) is 0 Å². The van der Waals surface area contributed by atoms with Crippen LogP contribution in [-0.4, -0.2) is 36.1 Å². The normalized spacial score (nSPS) is 20.2. The molecule has 1 atom stereocenters. The number of Topliss-reactive ketones (excluding diaryl/α,β-unsaturated/α-hetero) is 1. The topological polar surface area (TPSA) is 46.3 Å². The lowest BCUT2D eigenvalue weighted by Gasteiger charge is -2.31. The van der Waals surface area contributed by atoms with Crippen molar-refractivity contribution in [3.63, 3.8) is 0 Å². The number of rotatable bonds is 3. The number of thioether (sulfide) groups is 2. The van der Waals surface area contributed by atoms with Crippen LogP contribution in [0.2, 0.25) is 0 Å². The average Bonchev–Trinajstić information content (AvgIpc) is 2.66. The molecular weight excluding hydrogens is 284 g/mol. The van der Waals surface area contributed by atoms with Gasteiger partial charge in [-0.3, -0.25) is 4.79 Å². The highest BCUT2D eigenvalue weighted by Gasteiger charge is 2.25. The molecule has 0 aliphatic carbocycles. The predicted octanol–water partition coefficient (Wildman–Crippen LogP) is 3.20. The molecule has 18 heavy (non-hydrogen) atoms. The lowest BCUT2D eigenvalue weighted by Crippen LogP contribution is -2.36. The van der Waals surface area contributed by atoms with Crippen LogP contribution in [0.15, 0.2) is 4.90 Å². The second-order valence-electron chi connectivity index (χ2n) is 4.37. The second kappa shape index (κ2) is 5.75. The molecule has 0 amide bonds. The van der Waals surface area contributed by atoms with Gasteiger partial charge in [0.15, 0.2) is 5.78 Å². The van der Waals surface area contributed by atoms with Crippen LogP contribution >= 0.6 is 34.9 Å². The van der Waals surface area contributed by atoms with Gasteiger partial charge in [0.1, 0.15) is 5.00 Å². The minimum atomic E-state index is 0.0680. The third-order valence-electron chi connectivity index (χ3n) is 2.93. The Hall–Kier alpha value is -0.330. The van der Waals surface area contributed by atoms with Crippen LogP contribution in [0.4, 0.5) is 10.7 Å². The lowest BCUT2D eigenvalue weighted by molar-refractivity contribution is 0.102. The molecule has 1 aromatic rings. The standard InChI is InChI=1S/C12H18N2OS3/c1-7-6-14(4-5-17-7)12-11(16-3)9(13)10(18-12)8(2)15/h7H,4-6,13H2,1-3H3. The first-order valence-corrected chi connectivity index (χ1v) is 8.97. The molecule has 0 bridgehead atoms. The van der Waals surface area contributed by atoms with E-state index in [1.807, 2.05) is 18.0 Å². The Bertz CT molecular complexity index is 458. The number of hydrogen-bond acceptors (Lipinski definition) is 6. The number of carbonyl (C=O) groups excluding carboxylic acids is 1. The fourth-order valence-electron chi connectivity index (χ4n) is 2.09. The van der Waals surface area contributed by atoms with E-state index in [2.05, 4.69) is 11.8 Å². The van der Waals surface area contributed by atoms with Crippen LogP contribution in [0.25, 0.3) is 0 Å². The van der Waals surface area contributed by atoms with E-state index in [0.29, 0.717) is 15.8 Å². The molecule has 1 unspecified atom stereocenters. The molecule has 0 radical (unpaired) electrons. The molecule has 1 aliphatic heterocycles. The van der Waals surface area contributed by atoms with Crippen molar-refractivity contribution < 1.29 is 4.79 Å². The van der Waals surface area contributed by atoms with E-state index in [1.165, 1.54) is 5.00 Å². The van der Waals surface area contributed by atoms with Crippen LogP contribution in [0.3, 0.4) is 0 Å². The van der Waals surface area contributed by atoms with Gasteiger partial charge in [-0.15, -0.1) is 23.1 Å². The van der Waals surface area contributed by atoms with Gasteiger partial charge < -0.3 is 10.6 Å². The maximum Gasteiger partial charge on any atom is 0.171 e. The Morgan fingerprint density at radius 3 is 2.83 bits per heavy atom. The van der Waals surface area contributed by atoms with Gasteiger partial charge in [-0.05, 0) is 6.26 Å². The van der Waals surface area contributed by atoms with E-state index < -0.39 is 0 Å². The van der Waals surface area contributed by atoms with Crippen molar-refractivity contribution in [2.75, 3.05) is 35.7 Å². The summed E-state index contributed by atoms with van der Waals surface area (Å²) in [6, 6.07) is 0. The summed E-state index contributed by atoms with van der Waals surface area (Å²) < 4.78 is 0. The SMILES string of the molecule is CSc1c(N2CCSC(C)C2)sc(C(C)=O)c1N. The van der Waals surface area contributed by atoms with Crippen LogP contribution in [0.5, 0.6) is 0 Å². The number of nitrogen functional groups attached to an aromatic ring is 1. The summed E-state index contributed by atoms with van der Waals surface area (Å²) >= 11 is 5.19. The Kier molecular flexibility index (Phi) is 4.50.